The van der Waals surface area contributed by atoms with Crippen molar-refractivity contribution in [1.29, 1.82) is 0 Å². The van der Waals surface area contributed by atoms with Crippen molar-refractivity contribution in [3.05, 3.63) is 41.7 Å². The number of nitrogens with zero attached hydrogens (tertiary/aromatic N) is 2. The number of halogens is 1. The number of hydrogen-bond acceptors (Lipinski definition) is 3. The number of hydrogen-bond donors (Lipinski definition) is 2. The largest absolute Gasteiger partial charge is 0.323 e. The van der Waals surface area contributed by atoms with Gasteiger partial charge in [-0.3, -0.25) is 4.79 Å². The number of para-hydroxylation sites is 1. The molecular formula is C15H19ClN4O. The second kappa shape index (κ2) is 6.74. The first-order valence-electron chi connectivity index (χ1n) is 6.84. The Kier molecular flexibility index (Phi) is 4.98. The smallest absolute Gasteiger partial charge is 0.241 e. The Labute approximate surface area is 129 Å². The van der Waals surface area contributed by atoms with Gasteiger partial charge >= 0.3 is 0 Å². The van der Waals surface area contributed by atoms with Crippen molar-refractivity contribution in [1.82, 2.24) is 9.78 Å². The molecule has 1 heterocycles. The number of rotatable bonds is 5. The summed E-state index contributed by atoms with van der Waals surface area (Å²) in [5.74, 6) is 0.134. The lowest BCUT2D eigenvalue weighted by Crippen LogP contribution is -2.36. The Morgan fingerprint density at radius 3 is 2.81 bits per heavy atom. The predicted octanol–water partition coefficient (Wildman–Crippen LogP) is 2.84. The molecule has 0 spiro atoms. The highest BCUT2D eigenvalue weighted by molar-refractivity contribution is 6.33. The average molecular weight is 307 g/mol. The van der Waals surface area contributed by atoms with Crippen molar-refractivity contribution >= 4 is 23.2 Å². The molecule has 0 radical (unpaired) electrons. The topological polar surface area (TPSA) is 72.9 Å². The highest BCUT2D eigenvalue weighted by Crippen LogP contribution is 2.28. The van der Waals surface area contributed by atoms with Gasteiger partial charge < -0.3 is 11.1 Å². The summed E-state index contributed by atoms with van der Waals surface area (Å²) in [6, 6.07) is 6.55. The lowest BCUT2D eigenvalue weighted by Gasteiger charge is -2.17. The third-order valence-electron chi connectivity index (χ3n) is 3.04. The molecule has 2 aromatic rings. The molecule has 1 atom stereocenters. The number of benzene rings is 1. The number of carbonyl (C=O) groups is 1. The summed E-state index contributed by atoms with van der Waals surface area (Å²) in [5, 5.41) is 7.50. The van der Waals surface area contributed by atoms with E-state index in [0.29, 0.717) is 28.7 Å². The number of nitrogens with one attached hydrogen (secondary N) is 1. The van der Waals surface area contributed by atoms with Crippen LogP contribution >= 0.6 is 11.6 Å². The molecule has 5 nitrogen and oxygen atoms in total. The number of carbonyl (C=O) groups excluding carboxylic acids is 1. The molecule has 21 heavy (non-hydrogen) atoms. The van der Waals surface area contributed by atoms with E-state index in [0.717, 1.165) is 0 Å². The average Bonchev–Trinajstić information content (AvgIpc) is 2.91. The van der Waals surface area contributed by atoms with E-state index in [9.17, 15) is 4.79 Å². The number of amides is 1. The summed E-state index contributed by atoms with van der Waals surface area (Å²) in [6.45, 7) is 4.06. The van der Waals surface area contributed by atoms with Crippen molar-refractivity contribution in [3.63, 3.8) is 0 Å². The Morgan fingerprint density at radius 1 is 1.43 bits per heavy atom. The standard InChI is InChI=1S/C15H19ClN4O/c1-10(2)9-12(17)15(21)19-13-6-3-5-11(16)14(13)20-8-4-7-18-20/h3-8,10,12H,9,17H2,1-2H3,(H,19,21)/t12-/m1/s1. The van der Waals surface area contributed by atoms with Gasteiger partial charge in [0.25, 0.3) is 0 Å². The second-order valence-corrected chi connectivity index (χ2v) is 5.72. The first-order chi connectivity index (χ1) is 9.99. The normalized spacial score (nSPS) is 12.4. The van der Waals surface area contributed by atoms with Gasteiger partial charge in [0.1, 0.15) is 5.69 Å². The van der Waals surface area contributed by atoms with Gasteiger partial charge in [-0.15, -0.1) is 0 Å². The summed E-state index contributed by atoms with van der Waals surface area (Å²) in [5.41, 5.74) is 7.13. The summed E-state index contributed by atoms with van der Waals surface area (Å²) >= 11 is 6.22. The zero-order chi connectivity index (χ0) is 15.4. The molecule has 0 bridgehead atoms. The minimum atomic E-state index is -0.547. The second-order valence-electron chi connectivity index (χ2n) is 5.31. The molecule has 1 amide bonds. The molecule has 0 unspecified atom stereocenters. The molecule has 0 aliphatic rings. The van der Waals surface area contributed by atoms with Crippen LogP contribution in [-0.4, -0.2) is 21.7 Å². The lowest BCUT2D eigenvalue weighted by atomic mass is 10.0. The molecule has 1 aromatic carbocycles. The van der Waals surface area contributed by atoms with Crippen LogP contribution < -0.4 is 11.1 Å². The van der Waals surface area contributed by atoms with Crippen molar-refractivity contribution < 1.29 is 4.79 Å². The molecule has 6 heteroatoms. The molecule has 2 rings (SSSR count). The van der Waals surface area contributed by atoms with E-state index in [1.165, 1.54) is 0 Å². The quantitative estimate of drug-likeness (QED) is 0.892. The van der Waals surface area contributed by atoms with Gasteiger partial charge in [-0.25, -0.2) is 4.68 Å². The van der Waals surface area contributed by atoms with Crippen LogP contribution in [-0.2, 0) is 4.79 Å². The van der Waals surface area contributed by atoms with Crippen molar-refractivity contribution in [3.8, 4) is 5.69 Å². The first-order valence-corrected chi connectivity index (χ1v) is 7.21. The van der Waals surface area contributed by atoms with Gasteiger partial charge in [0.05, 0.1) is 16.8 Å². The fourth-order valence-corrected chi connectivity index (χ4v) is 2.35. The zero-order valence-corrected chi connectivity index (χ0v) is 12.8. The van der Waals surface area contributed by atoms with Crippen molar-refractivity contribution in [2.75, 3.05) is 5.32 Å². The van der Waals surface area contributed by atoms with Gasteiger partial charge in [-0.2, -0.15) is 5.10 Å². The fraction of sp³-hybridized carbons (Fsp3) is 0.333. The van der Waals surface area contributed by atoms with Gasteiger partial charge in [-0.05, 0) is 30.5 Å². The van der Waals surface area contributed by atoms with E-state index in [1.807, 2.05) is 13.8 Å². The van der Waals surface area contributed by atoms with Gasteiger partial charge in [-0.1, -0.05) is 31.5 Å². The molecule has 0 saturated carbocycles. The monoisotopic (exact) mass is 306 g/mol. The summed E-state index contributed by atoms with van der Waals surface area (Å²) in [6.07, 6.45) is 4.05. The van der Waals surface area contributed by atoms with Crippen LogP contribution in [0.25, 0.3) is 5.69 Å². The fourth-order valence-electron chi connectivity index (χ4n) is 2.09. The van der Waals surface area contributed by atoms with Crippen LogP contribution in [0.1, 0.15) is 20.3 Å². The third-order valence-corrected chi connectivity index (χ3v) is 3.35. The highest BCUT2D eigenvalue weighted by atomic mass is 35.5. The van der Waals surface area contributed by atoms with E-state index in [4.69, 9.17) is 17.3 Å². The molecule has 3 N–H and O–H groups in total. The number of anilines is 1. The van der Waals surface area contributed by atoms with E-state index in [-0.39, 0.29) is 5.91 Å². The first kappa shape index (κ1) is 15.5. The molecule has 0 saturated heterocycles. The lowest BCUT2D eigenvalue weighted by molar-refractivity contribution is -0.117. The Morgan fingerprint density at radius 2 is 2.19 bits per heavy atom. The van der Waals surface area contributed by atoms with E-state index in [1.54, 1.807) is 41.3 Å². The van der Waals surface area contributed by atoms with Gasteiger partial charge in [0, 0.05) is 12.4 Å². The minimum absolute atomic E-state index is 0.223. The highest BCUT2D eigenvalue weighted by Gasteiger charge is 2.18. The Balaban J connectivity index is 2.25. The molecule has 0 fully saturated rings. The maximum atomic E-state index is 12.2. The Bertz CT molecular complexity index is 610. The number of aromatic nitrogens is 2. The maximum Gasteiger partial charge on any atom is 0.241 e. The third kappa shape index (κ3) is 3.83. The zero-order valence-electron chi connectivity index (χ0n) is 12.1. The van der Waals surface area contributed by atoms with Crippen molar-refractivity contribution in [2.24, 2.45) is 11.7 Å². The molecular weight excluding hydrogens is 288 g/mol. The van der Waals surface area contributed by atoms with Crippen LogP contribution in [0.4, 0.5) is 5.69 Å². The SMILES string of the molecule is CC(C)C[C@@H](N)C(=O)Nc1cccc(Cl)c1-n1cccn1. The predicted molar refractivity (Wildman–Crippen MR) is 84.6 cm³/mol. The summed E-state index contributed by atoms with van der Waals surface area (Å²) in [7, 11) is 0. The van der Waals surface area contributed by atoms with E-state index < -0.39 is 6.04 Å². The summed E-state index contributed by atoms with van der Waals surface area (Å²) < 4.78 is 1.62. The number of nitrogens with two attached hydrogens (primary N) is 1. The van der Waals surface area contributed by atoms with Gasteiger partial charge in [0.2, 0.25) is 5.91 Å². The van der Waals surface area contributed by atoms with Crippen LogP contribution in [0.15, 0.2) is 36.7 Å². The van der Waals surface area contributed by atoms with Crippen LogP contribution in [0.3, 0.4) is 0 Å². The van der Waals surface area contributed by atoms with Gasteiger partial charge in [0.15, 0.2) is 0 Å². The Hall–Kier alpha value is -1.85. The maximum absolute atomic E-state index is 12.2. The van der Waals surface area contributed by atoms with Crippen LogP contribution in [0.5, 0.6) is 0 Å². The van der Waals surface area contributed by atoms with Crippen LogP contribution in [0.2, 0.25) is 5.02 Å². The van der Waals surface area contributed by atoms with Crippen LogP contribution in [0, 0.1) is 5.92 Å². The molecule has 0 aliphatic carbocycles. The van der Waals surface area contributed by atoms with E-state index in [2.05, 4.69) is 10.4 Å². The summed E-state index contributed by atoms with van der Waals surface area (Å²) in [4.78, 5) is 12.2. The molecule has 0 aliphatic heterocycles. The van der Waals surface area contributed by atoms with Crippen molar-refractivity contribution in [2.45, 2.75) is 26.3 Å². The molecule has 1 aromatic heterocycles. The minimum Gasteiger partial charge on any atom is -0.323 e. The van der Waals surface area contributed by atoms with E-state index >= 15 is 0 Å². The molecule has 112 valence electrons.